The molecule has 0 amide bonds. The molecular weight excluding hydrogens is 305 g/mol. The van der Waals surface area contributed by atoms with Gasteiger partial charge in [-0.1, -0.05) is 24.3 Å². The molecule has 0 spiro atoms. The van der Waals surface area contributed by atoms with E-state index in [-0.39, 0.29) is 5.56 Å². The van der Waals surface area contributed by atoms with Gasteiger partial charge in [-0.25, -0.2) is 4.39 Å². The summed E-state index contributed by atoms with van der Waals surface area (Å²) in [5, 5.41) is 9.16. The summed E-state index contributed by atoms with van der Waals surface area (Å²) >= 11 is 0. The second-order valence-corrected chi connectivity index (χ2v) is 5.74. The molecule has 1 aliphatic heterocycles. The summed E-state index contributed by atoms with van der Waals surface area (Å²) < 4.78 is 19.5. The van der Waals surface area contributed by atoms with E-state index in [1.165, 1.54) is 6.07 Å². The van der Waals surface area contributed by atoms with Crippen LogP contribution in [0.2, 0.25) is 0 Å². The van der Waals surface area contributed by atoms with Crippen LogP contribution in [0.3, 0.4) is 0 Å². The van der Waals surface area contributed by atoms with Crippen LogP contribution in [-0.2, 0) is 0 Å². The van der Waals surface area contributed by atoms with Gasteiger partial charge in [-0.2, -0.15) is 5.26 Å². The second kappa shape index (κ2) is 7.80. The van der Waals surface area contributed by atoms with Gasteiger partial charge in [0.2, 0.25) is 0 Å². The van der Waals surface area contributed by atoms with Crippen molar-refractivity contribution in [2.24, 2.45) is 0 Å². The van der Waals surface area contributed by atoms with E-state index in [1.54, 1.807) is 6.07 Å². The predicted molar refractivity (Wildman–Crippen MR) is 91.7 cm³/mol. The summed E-state index contributed by atoms with van der Waals surface area (Å²) in [6.07, 6.45) is 0. The van der Waals surface area contributed by atoms with Crippen LogP contribution in [0.15, 0.2) is 48.5 Å². The maximum Gasteiger partial charge on any atom is 0.143 e. The lowest BCUT2D eigenvalue weighted by Crippen LogP contribution is -2.47. The number of nitrogens with zero attached hydrogens (tertiary/aromatic N) is 3. The Hall–Kier alpha value is -2.58. The predicted octanol–water partition coefficient (Wildman–Crippen LogP) is 2.90. The third-order valence-electron chi connectivity index (χ3n) is 4.24. The normalized spacial score (nSPS) is 15.1. The molecule has 2 aromatic rings. The third kappa shape index (κ3) is 3.84. The quantitative estimate of drug-likeness (QED) is 0.847. The first kappa shape index (κ1) is 16.3. The number of hydrogen-bond donors (Lipinski definition) is 0. The van der Waals surface area contributed by atoms with Crippen LogP contribution in [0.25, 0.3) is 0 Å². The zero-order chi connectivity index (χ0) is 16.8. The van der Waals surface area contributed by atoms with Crippen molar-refractivity contribution < 1.29 is 9.13 Å². The van der Waals surface area contributed by atoms with Crippen molar-refractivity contribution in [3.05, 3.63) is 59.9 Å². The van der Waals surface area contributed by atoms with Crippen LogP contribution in [-0.4, -0.2) is 44.2 Å². The number of ether oxygens (including phenoxy) is 1. The fourth-order valence-corrected chi connectivity index (χ4v) is 2.91. The standard InChI is InChI=1S/C19H20FN3O/c20-18-7-4-8-19(17(18)15-21)23-11-9-22(10-12-23)13-14-24-16-5-2-1-3-6-16/h1-8H,9-14H2. The first-order chi connectivity index (χ1) is 11.8. The van der Waals surface area contributed by atoms with Gasteiger partial charge in [0, 0.05) is 32.7 Å². The minimum absolute atomic E-state index is 0.137. The fraction of sp³-hybridized carbons (Fsp3) is 0.316. The topological polar surface area (TPSA) is 39.5 Å². The van der Waals surface area contributed by atoms with Crippen molar-refractivity contribution in [3.8, 4) is 11.8 Å². The molecule has 0 saturated carbocycles. The fourth-order valence-electron chi connectivity index (χ4n) is 2.91. The highest BCUT2D eigenvalue weighted by atomic mass is 19.1. The first-order valence-corrected chi connectivity index (χ1v) is 8.11. The molecule has 0 aliphatic carbocycles. The van der Waals surface area contributed by atoms with E-state index >= 15 is 0 Å². The van der Waals surface area contributed by atoms with Crippen molar-refractivity contribution in [1.82, 2.24) is 4.90 Å². The van der Waals surface area contributed by atoms with E-state index in [4.69, 9.17) is 10.00 Å². The van der Waals surface area contributed by atoms with Gasteiger partial charge in [-0.05, 0) is 24.3 Å². The third-order valence-corrected chi connectivity index (χ3v) is 4.24. The van der Waals surface area contributed by atoms with Crippen molar-refractivity contribution in [1.29, 1.82) is 5.26 Å². The lowest BCUT2D eigenvalue weighted by molar-refractivity contribution is 0.200. The molecule has 0 aromatic heterocycles. The van der Waals surface area contributed by atoms with E-state index in [0.717, 1.165) is 38.5 Å². The maximum atomic E-state index is 13.7. The van der Waals surface area contributed by atoms with Gasteiger partial charge in [0.25, 0.3) is 0 Å². The van der Waals surface area contributed by atoms with E-state index in [1.807, 2.05) is 42.5 Å². The van der Waals surface area contributed by atoms with Crippen LogP contribution in [0.5, 0.6) is 5.75 Å². The number of halogens is 1. The Morgan fingerprint density at radius 3 is 2.46 bits per heavy atom. The molecule has 1 saturated heterocycles. The Morgan fingerprint density at radius 1 is 1.00 bits per heavy atom. The summed E-state index contributed by atoms with van der Waals surface area (Å²) in [6.45, 7) is 4.82. The van der Waals surface area contributed by atoms with Crippen molar-refractivity contribution in [3.63, 3.8) is 0 Å². The molecule has 0 atom stereocenters. The molecule has 1 heterocycles. The Balaban J connectivity index is 1.50. The summed E-state index contributed by atoms with van der Waals surface area (Å²) in [6, 6.07) is 16.6. The van der Waals surface area contributed by atoms with E-state index in [0.29, 0.717) is 12.3 Å². The number of hydrogen-bond acceptors (Lipinski definition) is 4. The van der Waals surface area contributed by atoms with Crippen LogP contribution in [0.4, 0.5) is 10.1 Å². The zero-order valence-electron chi connectivity index (χ0n) is 13.5. The summed E-state index contributed by atoms with van der Waals surface area (Å²) in [7, 11) is 0. The van der Waals surface area contributed by atoms with Crippen molar-refractivity contribution in [2.45, 2.75) is 0 Å². The van der Waals surface area contributed by atoms with E-state index in [2.05, 4.69) is 9.80 Å². The zero-order valence-corrected chi connectivity index (χ0v) is 13.5. The number of nitriles is 1. The van der Waals surface area contributed by atoms with Gasteiger partial charge in [0.15, 0.2) is 0 Å². The highest BCUT2D eigenvalue weighted by Gasteiger charge is 2.20. The Kier molecular flexibility index (Phi) is 5.29. The molecule has 0 N–H and O–H groups in total. The molecule has 124 valence electrons. The highest BCUT2D eigenvalue weighted by molar-refractivity contribution is 5.60. The van der Waals surface area contributed by atoms with Crippen molar-refractivity contribution in [2.75, 3.05) is 44.2 Å². The number of rotatable bonds is 5. The Labute approximate surface area is 141 Å². The van der Waals surface area contributed by atoms with E-state index < -0.39 is 5.82 Å². The van der Waals surface area contributed by atoms with Gasteiger partial charge in [0.05, 0.1) is 5.69 Å². The van der Waals surface area contributed by atoms with Crippen molar-refractivity contribution >= 4 is 5.69 Å². The summed E-state index contributed by atoms with van der Waals surface area (Å²) in [4.78, 5) is 4.40. The summed E-state index contributed by atoms with van der Waals surface area (Å²) in [5.41, 5.74) is 0.830. The minimum atomic E-state index is -0.450. The largest absolute Gasteiger partial charge is 0.492 e. The van der Waals surface area contributed by atoms with E-state index in [9.17, 15) is 4.39 Å². The number of benzene rings is 2. The van der Waals surface area contributed by atoms with Crippen LogP contribution >= 0.6 is 0 Å². The average molecular weight is 325 g/mol. The summed E-state index contributed by atoms with van der Waals surface area (Å²) in [5.74, 6) is 0.434. The average Bonchev–Trinajstić information content (AvgIpc) is 2.63. The molecular formula is C19H20FN3O. The van der Waals surface area contributed by atoms with Gasteiger partial charge >= 0.3 is 0 Å². The first-order valence-electron chi connectivity index (χ1n) is 8.11. The molecule has 0 bridgehead atoms. The minimum Gasteiger partial charge on any atom is -0.492 e. The molecule has 2 aromatic carbocycles. The van der Waals surface area contributed by atoms with Gasteiger partial charge in [-0.15, -0.1) is 0 Å². The van der Waals surface area contributed by atoms with Crippen LogP contribution < -0.4 is 9.64 Å². The maximum absolute atomic E-state index is 13.7. The second-order valence-electron chi connectivity index (χ2n) is 5.74. The molecule has 4 nitrogen and oxygen atoms in total. The highest BCUT2D eigenvalue weighted by Crippen LogP contribution is 2.23. The SMILES string of the molecule is N#Cc1c(F)cccc1N1CCN(CCOc2ccccc2)CC1. The molecule has 1 fully saturated rings. The van der Waals surface area contributed by atoms with Crippen LogP contribution in [0, 0.1) is 17.1 Å². The molecule has 0 radical (unpaired) electrons. The van der Waals surface area contributed by atoms with Gasteiger partial charge in [0.1, 0.15) is 29.8 Å². The number of para-hydroxylation sites is 1. The lowest BCUT2D eigenvalue weighted by atomic mass is 10.1. The Morgan fingerprint density at radius 2 is 1.75 bits per heavy atom. The molecule has 1 aliphatic rings. The van der Waals surface area contributed by atoms with Gasteiger partial charge in [-0.3, -0.25) is 4.90 Å². The smallest absolute Gasteiger partial charge is 0.143 e. The monoisotopic (exact) mass is 325 g/mol. The number of anilines is 1. The van der Waals surface area contributed by atoms with Gasteiger partial charge < -0.3 is 9.64 Å². The lowest BCUT2D eigenvalue weighted by Gasteiger charge is -2.36. The molecule has 24 heavy (non-hydrogen) atoms. The van der Waals surface area contributed by atoms with Crippen LogP contribution in [0.1, 0.15) is 5.56 Å². The molecule has 0 unspecified atom stereocenters. The molecule has 3 rings (SSSR count). The number of piperazine rings is 1. The Bertz CT molecular complexity index is 706. The molecule has 5 heteroatoms.